The highest BCUT2D eigenvalue weighted by Crippen LogP contribution is 2.29. The van der Waals surface area contributed by atoms with E-state index in [9.17, 15) is 4.79 Å². The Kier molecular flexibility index (Phi) is 5.13. The van der Waals surface area contributed by atoms with Crippen molar-refractivity contribution in [2.45, 2.75) is 33.6 Å². The van der Waals surface area contributed by atoms with Gasteiger partial charge in [0.25, 0.3) is 0 Å². The Bertz CT molecular complexity index is 780. The Morgan fingerprint density at radius 1 is 1.19 bits per heavy atom. The van der Waals surface area contributed by atoms with Gasteiger partial charge in [-0.2, -0.15) is 5.10 Å². The van der Waals surface area contributed by atoms with Crippen LogP contribution in [0.5, 0.6) is 0 Å². The normalized spacial score (nSPS) is 15.7. The maximum Gasteiger partial charge on any atom is 0.230 e. The van der Waals surface area contributed by atoms with Crippen LogP contribution in [0.1, 0.15) is 32.5 Å². The van der Waals surface area contributed by atoms with Crippen LogP contribution in [0, 0.1) is 12.3 Å². The summed E-state index contributed by atoms with van der Waals surface area (Å²) in [5, 5.41) is 5.27. The number of hydrogen-bond donors (Lipinski definition) is 1. The first-order valence-corrected chi connectivity index (χ1v) is 9.36. The van der Waals surface area contributed by atoms with Crippen molar-refractivity contribution in [1.29, 1.82) is 0 Å². The fourth-order valence-electron chi connectivity index (χ4n) is 3.74. The smallest absolute Gasteiger partial charge is 0.230 e. The number of nitrogens with two attached hydrogens (primary N) is 1. The number of piperazine rings is 1. The Labute approximate surface area is 154 Å². The van der Waals surface area contributed by atoms with Crippen molar-refractivity contribution in [1.82, 2.24) is 24.6 Å². The van der Waals surface area contributed by atoms with Crippen LogP contribution < -0.4 is 10.6 Å². The van der Waals surface area contributed by atoms with E-state index in [0.29, 0.717) is 19.6 Å². The highest BCUT2D eigenvalue weighted by atomic mass is 16.2. The summed E-state index contributed by atoms with van der Waals surface area (Å²) < 4.78 is 1.77. The summed E-state index contributed by atoms with van der Waals surface area (Å²) in [6, 6.07) is 0. The largest absolute Gasteiger partial charge is 0.352 e. The van der Waals surface area contributed by atoms with E-state index in [-0.39, 0.29) is 5.91 Å². The Morgan fingerprint density at radius 3 is 2.42 bits per heavy atom. The quantitative estimate of drug-likeness (QED) is 0.859. The molecule has 1 aliphatic rings. The van der Waals surface area contributed by atoms with Gasteiger partial charge in [0.1, 0.15) is 11.6 Å². The Hall–Kier alpha value is -2.22. The molecule has 0 unspecified atom stereocenters. The number of fused-ring (bicyclic) bond motifs is 1. The average Bonchev–Trinajstić information content (AvgIpc) is 3.04. The molecule has 1 amide bonds. The minimum absolute atomic E-state index is 0.190. The summed E-state index contributed by atoms with van der Waals surface area (Å²) in [6.45, 7) is 9.27. The molecule has 8 nitrogen and oxygen atoms in total. The van der Waals surface area contributed by atoms with Crippen molar-refractivity contribution in [2.75, 3.05) is 37.6 Å². The van der Waals surface area contributed by atoms with Gasteiger partial charge in [0.15, 0.2) is 5.65 Å². The van der Waals surface area contributed by atoms with Gasteiger partial charge >= 0.3 is 0 Å². The Balaban J connectivity index is 1.78. The lowest BCUT2D eigenvalue weighted by atomic mass is 9.81. The highest BCUT2D eigenvalue weighted by Gasteiger charge is 2.38. The number of nitrogens with zero attached hydrogens (tertiary/aromatic N) is 6. The van der Waals surface area contributed by atoms with Crippen molar-refractivity contribution < 1.29 is 4.79 Å². The molecule has 1 saturated heterocycles. The molecule has 2 N–H and O–H groups in total. The van der Waals surface area contributed by atoms with E-state index in [4.69, 9.17) is 5.73 Å². The van der Waals surface area contributed by atoms with Crippen LogP contribution in [-0.2, 0) is 11.8 Å². The lowest BCUT2D eigenvalue weighted by molar-refractivity contribution is -0.142. The minimum Gasteiger partial charge on any atom is -0.352 e. The van der Waals surface area contributed by atoms with Gasteiger partial charge < -0.3 is 15.5 Å². The van der Waals surface area contributed by atoms with Crippen molar-refractivity contribution in [2.24, 2.45) is 18.2 Å². The van der Waals surface area contributed by atoms with E-state index >= 15 is 0 Å². The molecule has 1 fully saturated rings. The van der Waals surface area contributed by atoms with Crippen LogP contribution in [-0.4, -0.2) is 63.3 Å². The van der Waals surface area contributed by atoms with Crippen LogP contribution in [0.25, 0.3) is 11.0 Å². The Morgan fingerprint density at radius 2 is 1.85 bits per heavy atom. The average molecular weight is 359 g/mol. The molecular formula is C18H29N7O. The van der Waals surface area contributed by atoms with E-state index in [0.717, 1.165) is 48.6 Å². The van der Waals surface area contributed by atoms with Gasteiger partial charge in [-0.15, -0.1) is 0 Å². The van der Waals surface area contributed by atoms with Crippen molar-refractivity contribution in [3.63, 3.8) is 0 Å². The van der Waals surface area contributed by atoms with Gasteiger partial charge in [0.05, 0.1) is 17.0 Å². The first kappa shape index (κ1) is 18.6. The van der Waals surface area contributed by atoms with E-state index in [1.54, 1.807) is 4.68 Å². The molecule has 0 spiro atoms. The number of anilines is 1. The fraction of sp³-hybridized carbons (Fsp3) is 0.667. The van der Waals surface area contributed by atoms with Crippen LogP contribution in [0.3, 0.4) is 0 Å². The number of carbonyl (C=O) groups excluding carboxylic acids is 1. The minimum atomic E-state index is -0.426. The van der Waals surface area contributed by atoms with Crippen molar-refractivity contribution >= 4 is 22.8 Å². The summed E-state index contributed by atoms with van der Waals surface area (Å²) in [6.07, 6.45) is 3.37. The van der Waals surface area contributed by atoms with Gasteiger partial charge in [0.2, 0.25) is 5.91 Å². The third-order valence-corrected chi connectivity index (χ3v) is 5.75. The van der Waals surface area contributed by atoms with Gasteiger partial charge in [-0.25, -0.2) is 9.97 Å². The maximum absolute atomic E-state index is 13.0. The molecule has 142 valence electrons. The molecule has 0 radical (unpaired) electrons. The summed E-state index contributed by atoms with van der Waals surface area (Å²) in [5.74, 6) is 1.83. The number of aryl methyl sites for hydroxylation is 2. The molecule has 0 saturated carbocycles. The standard InChI is InChI=1S/C18H29N7O/c1-5-18(6-2,12-19)17(26)25-9-7-24(8-10-25)16-14-11-20-23(4)15(14)21-13(3)22-16/h11H,5-10,12,19H2,1-4H3. The lowest BCUT2D eigenvalue weighted by Crippen LogP contribution is -2.55. The van der Waals surface area contributed by atoms with Crippen LogP contribution in [0.4, 0.5) is 5.82 Å². The summed E-state index contributed by atoms with van der Waals surface area (Å²) in [4.78, 5) is 26.3. The second kappa shape index (κ2) is 7.19. The predicted molar refractivity (Wildman–Crippen MR) is 102 cm³/mol. The lowest BCUT2D eigenvalue weighted by Gasteiger charge is -2.40. The molecule has 0 aliphatic carbocycles. The second-order valence-corrected chi connectivity index (χ2v) is 7.07. The van der Waals surface area contributed by atoms with E-state index < -0.39 is 5.41 Å². The molecule has 2 aromatic heterocycles. The SMILES string of the molecule is CCC(CC)(CN)C(=O)N1CCN(c2nc(C)nc3c2cnn3C)CC1. The first-order valence-electron chi connectivity index (χ1n) is 9.36. The van der Waals surface area contributed by atoms with Gasteiger partial charge in [-0.1, -0.05) is 13.8 Å². The van der Waals surface area contributed by atoms with E-state index in [1.165, 1.54) is 0 Å². The first-order chi connectivity index (χ1) is 12.5. The summed E-state index contributed by atoms with van der Waals surface area (Å²) in [7, 11) is 1.89. The highest BCUT2D eigenvalue weighted by molar-refractivity contribution is 5.87. The zero-order valence-corrected chi connectivity index (χ0v) is 16.2. The number of carbonyl (C=O) groups is 1. The molecule has 26 heavy (non-hydrogen) atoms. The summed E-state index contributed by atoms with van der Waals surface area (Å²) in [5.41, 5.74) is 6.36. The van der Waals surface area contributed by atoms with E-state index in [2.05, 4.69) is 20.0 Å². The second-order valence-electron chi connectivity index (χ2n) is 7.07. The molecule has 0 bridgehead atoms. The number of amides is 1. The molecule has 0 aromatic carbocycles. The third-order valence-electron chi connectivity index (χ3n) is 5.75. The topological polar surface area (TPSA) is 93.2 Å². The molecule has 0 atom stereocenters. The zero-order valence-electron chi connectivity index (χ0n) is 16.2. The number of hydrogen-bond acceptors (Lipinski definition) is 6. The zero-order chi connectivity index (χ0) is 18.9. The van der Waals surface area contributed by atoms with Gasteiger partial charge in [0, 0.05) is 39.8 Å². The third kappa shape index (κ3) is 3.02. The molecule has 3 rings (SSSR count). The molecule has 1 aliphatic heterocycles. The van der Waals surface area contributed by atoms with Gasteiger partial charge in [-0.3, -0.25) is 9.48 Å². The van der Waals surface area contributed by atoms with Crippen LogP contribution in [0.2, 0.25) is 0 Å². The molecular weight excluding hydrogens is 330 g/mol. The van der Waals surface area contributed by atoms with E-state index in [1.807, 2.05) is 38.9 Å². The monoisotopic (exact) mass is 359 g/mol. The van der Waals surface area contributed by atoms with Crippen molar-refractivity contribution in [3.05, 3.63) is 12.0 Å². The van der Waals surface area contributed by atoms with Crippen LogP contribution >= 0.6 is 0 Å². The molecule has 8 heteroatoms. The predicted octanol–water partition coefficient (Wildman–Crippen LogP) is 1.09. The maximum atomic E-state index is 13.0. The number of rotatable bonds is 5. The van der Waals surface area contributed by atoms with Crippen LogP contribution in [0.15, 0.2) is 6.20 Å². The van der Waals surface area contributed by atoms with Gasteiger partial charge in [-0.05, 0) is 19.8 Å². The van der Waals surface area contributed by atoms with Crippen molar-refractivity contribution in [3.8, 4) is 0 Å². The molecule has 3 heterocycles. The molecule has 2 aromatic rings. The summed E-state index contributed by atoms with van der Waals surface area (Å²) >= 11 is 0. The fourth-order valence-corrected chi connectivity index (χ4v) is 3.74. The number of aromatic nitrogens is 4.